The summed E-state index contributed by atoms with van der Waals surface area (Å²) in [4.78, 5) is 2.30. The largest absolute Gasteiger partial charge is 0.379 e. The molecule has 0 aliphatic carbocycles. The number of aryl methyl sites for hydroxylation is 1. The highest BCUT2D eigenvalue weighted by atomic mass is 35.5. The van der Waals surface area contributed by atoms with Crippen molar-refractivity contribution in [1.82, 2.24) is 15.1 Å². The number of hydrogen-bond acceptors (Lipinski definition) is 3. The van der Waals surface area contributed by atoms with Gasteiger partial charge in [0, 0.05) is 19.6 Å². The molecule has 2 heterocycles. The van der Waals surface area contributed by atoms with E-state index in [0.29, 0.717) is 0 Å². The van der Waals surface area contributed by atoms with Gasteiger partial charge in [-0.2, -0.15) is 5.10 Å². The van der Waals surface area contributed by atoms with Crippen LogP contribution in [0.2, 0.25) is 5.02 Å². The lowest BCUT2D eigenvalue weighted by atomic mass is 10.3. The van der Waals surface area contributed by atoms with Crippen molar-refractivity contribution >= 4 is 11.6 Å². The number of nitrogens with zero attached hydrogens (tertiary/aromatic N) is 2. The number of nitrogens with one attached hydrogen (secondary N) is 1. The lowest BCUT2D eigenvalue weighted by Gasteiger charge is -2.25. The molecule has 2 rings (SSSR count). The first-order valence-corrected chi connectivity index (χ1v) is 5.14. The van der Waals surface area contributed by atoms with Crippen molar-refractivity contribution in [1.29, 1.82) is 0 Å². The number of rotatable bonds is 2. The third-order valence-electron chi connectivity index (χ3n) is 2.42. The van der Waals surface area contributed by atoms with E-state index in [9.17, 15) is 0 Å². The zero-order valence-electron chi connectivity index (χ0n) is 8.22. The predicted molar refractivity (Wildman–Crippen MR) is 54.4 cm³/mol. The number of halogens is 1. The Balaban J connectivity index is 1.99. The summed E-state index contributed by atoms with van der Waals surface area (Å²) in [6, 6.07) is 0. The second-order valence-corrected chi connectivity index (χ2v) is 3.88. The smallest absolute Gasteiger partial charge is 0.0951 e. The van der Waals surface area contributed by atoms with Crippen LogP contribution in [0.15, 0.2) is 0 Å². The highest BCUT2D eigenvalue weighted by Crippen LogP contribution is 2.18. The molecule has 1 fully saturated rings. The van der Waals surface area contributed by atoms with E-state index in [1.807, 2.05) is 6.92 Å². The van der Waals surface area contributed by atoms with E-state index in [1.165, 1.54) is 0 Å². The summed E-state index contributed by atoms with van der Waals surface area (Å²) in [5, 5.41) is 7.82. The summed E-state index contributed by atoms with van der Waals surface area (Å²) < 4.78 is 5.27. The second-order valence-electron chi connectivity index (χ2n) is 3.50. The molecule has 0 unspecified atom stereocenters. The molecule has 0 radical (unpaired) electrons. The van der Waals surface area contributed by atoms with Gasteiger partial charge in [-0.3, -0.25) is 10.00 Å². The van der Waals surface area contributed by atoms with Crippen molar-refractivity contribution in [2.45, 2.75) is 13.5 Å². The number of morpholine rings is 1. The van der Waals surface area contributed by atoms with Gasteiger partial charge in [-0.15, -0.1) is 0 Å². The Labute approximate surface area is 88.2 Å². The van der Waals surface area contributed by atoms with E-state index in [-0.39, 0.29) is 0 Å². The third kappa shape index (κ3) is 2.08. The SMILES string of the molecule is Cc1[nH]nc(CN2CCOCC2)c1Cl. The normalized spacial score (nSPS) is 18.7. The van der Waals surface area contributed by atoms with E-state index in [2.05, 4.69) is 15.1 Å². The summed E-state index contributed by atoms with van der Waals surface area (Å²) in [6.45, 7) is 6.28. The fourth-order valence-corrected chi connectivity index (χ4v) is 1.69. The Hall–Kier alpha value is -0.580. The fraction of sp³-hybridized carbons (Fsp3) is 0.667. The minimum Gasteiger partial charge on any atom is -0.379 e. The van der Waals surface area contributed by atoms with Crippen LogP contribution >= 0.6 is 11.6 Å². The molecule has 0 atom stereocenters. The summed E-state index contributed by atoms with van der Waals surface area (Å²) in [5.41, 5.74) is 1.88. The molecule has 0 saturated carbocycles. The zero-order chi connectivity index (χ0) is 9.97. The molecule has 1 aromatic rings. The molecule has 0 amide bonds. The van der Waals surface area contributed by atoms with Gasteiger partial charge in [0.25, 0.3) is 0 Å². The Kier molecular flexibility index (Phi) is 3.05. The third-order valence-corrected chi connectivity index (χ3v) is 2.92. The van der Waals surface area contributed by atoms with Crippen molar-refractivity contribution in [3.05, 3.63) is 16.4 Å². The minimum absolute atomic E-state index is 0.761. The van der Waals surface area contributed by atoms with E-state index in [1.54, 1.807) is 0 Å². The van der Waals surface area contributed by atoms with Gasteiger partial charge in [-0.1, -0.05) is 11.6 Å². The Morgan fingerprint density at radius 1 is 1.50 bits per heavy atom. The second kappa shape index (κ2) is 4.29. The van der Waals surface area contributed by atoms with Gasteiger partial charge in [0.1, 0.15) is 0 Å². The minimum atomic E-state index is 0.761. The molecule has 4 nitrogen and oxygen atoms in total. The number of H-pyrrole nitrogens is 1. The van der Waals surface area contributed by atoms with Crippen molar-refractivity contribution in [3.63, 3.8) is 0 Å². The Morgan fingerprint density at radius 2 is 2.21 bits per heavy atom. The summed E-state index contributed by atoms with van der Waals surface area (Å²) >= 11 is 6.08. The molecule has 0 aromatic carbocycles. The molecule has 0 spiro atoms. The summed E-state index contributed by atoms with van der Waals surface area (Å²) in [7, 11) is 0. The maximum atomic E-state index is 6.08. The predicted octanol–water partition coefficient (Wildman–Crippen LogP) is 1.20. The van der Waals surface area contributed by atoms with Gasteiger partial charge in [-0.05, 0) is 6.92 Å². The fourth-order valence-electron chi connectivity index (χ4n) is 1.54. The molecule has 0 bridgehead atoms. The average Bonchev–Trinajstić information content (AvgIpc) is 2.52. The van der Waals surface area contributed by atoms with Crippen LogP contribution in [0.1, 0.15) is 11.4 Å². The first-order chi connectivity index (χ1) is 6.77. The van der Waals surface area contributed by atoms with E-state index >= 15 is 0 Å². The van der Waals surface area contributed by atoms with Crippen molar-refractivity contribution < 1.29 is 4.74 Å². The number of aromatic amines is 1. The lowest BCUT2D eigenvalue weighted by molar-refractivity contribution is 0.0336. The summed E-state index contributed by atoms with van der Waals surface area (Å²) in [6.07, 6.45) is 0. The zero-order valence-corrected chi connectivity index (χ0v) is 8.97. The van der Waals surface area contributed by atoms with Gasteiger partial charge in [0.15, 0.2) is 0 Å². The topological polar surface area (TPSA) is 41.2 Å². The molecule has 78 valence electrons. The number of hydrogen-bond donors (Lipinski definition) is 1. The van der Waals surface area contributed by atoms with Gasteiger partial charge in [0.2, 0.25) is 0 Å². The highest BCUT2D eigenvalue weighted by molar-refractivity contribution is 6.31. The maximum Gasteiger partial charge on any atom is 0.0951 e. The van der Waals surface area contributed by atoms with Crippen LogP contribution in [0.3, 0.4) is 0 Å². The van der Waals surface area contributed by atoms with Crippen LogP contribution in [-0.2, 0) is 11.3 Å². The molecule has 1 aliphatic rings. The Bertz CT molecular complexity index is 307. The lowest BCUT2D eigenvalue weighted by Crippen LogP contribution is -2.35. The molecule has 1 saturated heterocycles. The molecular weight excluding hydrogens is 202 g/mol. The van der Waals surface area contributed by atoms with Gasteiger partial charge < -0.3 is 4.74 Å². The molecule has 1 aromatic heterocycles. The molecule has 5 heteroatoms. The van der Waals surface area contributed by atoms with Crippen LogP contribution in [0.4, 0.5) is 0 Å². The number of aromatic nitrogens is 2. The van der Waals surface area contributed by atoms with E-state index in [0.717, 1.165) is 49.3 Å². The van der Waals surface area contributed by atoms with Crippen LogP contribution in [0, 0.1) is 6.92 Å². The first kappa shape index (κ1) is 9.96. The van der Waals surface area contributed by atoms with Crippen LogP contribution < -0.4 is 0 Å². The van der Waals surface area contributed by atoms with Crippen LogP contribution in [0.5, 0.6) is 0 Å². The van der Waals surface area contributed by atoms with Gasteiger partial charge in [-0.25, -0.2) is 0 Å². The Morgan fingerprint density at radius 3 is 2.79 bits per heavy atom. The first-order valence-electron chi connectivity index (χ1n) is 4.77. The highest BCUT2D eigenvalue weighted by Gasteiger charge is 2.15. The van der Waals surface area contributed by atoms with Crippen molar-refractivity contribution in [2.75, 3.05) is 26.3 Å². The van der Waals surface area contributed by atoms with E-state index < -0.39 is 0 Å². The molecule has 14 heavy (non-hydrogen) atoms. The molecular formula is C9H14ClN3O. The number of ether oxygens (including phenoxy) is 1. The van der Waals surface area contributed by atoms with Gasteiger partial charge in [0.05, 0.1) is 29.6 Å². The van der Waals surface area contributed by atoms with Crippen molar-refractivity contribution in [2.24, 2.45) is 0 Å². The molecule has 1 aliphatic heterocycles. The standard InChI is InChI=1S/C9H14ClN3O/c1-7-9(10)8(12-11-7)6-13-2-4-14-5-3-13/h2-6H2,1H3,(H,11,12). The quantitative estimate of drug-likeness (QED) is 0.806. The van der Waals surface area contributed by atoms with Crippen LogP contribution in [-0.4, -0.2) is 41.4 Å². The average molecular weight is 216 g/mol. The van der Waals surface area contributed by atoms with Crippen molar-refractivity contribution in [3.8, 4) is 0 Å². The maximum absolute atomic E-state index is 6.08. The summed E-state index contributed by atoms with van der Waals surface area (Å²) in [5.74, 6) is 0. The molecule has 1 N–H and O–H groups in total. The van der Waals surface area contributed by atoms with Gasteiger partial charge >= 0.3 is 0 Å². The van der Waals surface area contributed by atoms with E-state index in [4.69, 9.17) is 16.3 Å². The monoisotopic (exact) mass is 215 g/mol. The van der Waals surface area contributed by atoms with Crippen LogP contribution in [0.25, 0.3) is 0 Å².